The summed E-state index contributed by atoms with van der Waals surface area (Å²) in [4.78, 5) is 29.4. The van der Waals surface area contributed by atoms with Gasteiger partial charge in [0.05, 0.1) is 0 Å². The van der Waals surface area contributed by atoms with Crippen molar-refractivity contribution >= 4 is 17.0 Å². The number of hydrogen-bond donors (Lipinski definition) is 1. The second-order valence-corrected chi connectivity index (χ2v) is 7.19. The molecule has 0 fully saturated rings. The molecule has 1 N–H and O–H groups in total. The van der Waals surface area contributed by atoms with Gasteiger partial charge in [0.25, 0.3) is 11.3 Å². The number of carbonyl (C=O) groups excluding carboxylic acids is 1. The van der Waals surface area contributed by atoms with E-state index in [1.165, 1.54) is 16.5 Å². The van der Waals surface area contributed by atoms with E-state index in [9.17, 15) is 9.59 Å². The zero-order valence-corrected chi connectivity index (χ0v) is 16.6. The first-order chi connectivity index (χ1) is 14.6. The van der Waals surface area contributed by atoms with E-state index in [4.69, 9.17) is 4.52 Å². The van der Waals surface area contributed by atoms with Crippen molar-refractivity contribution in [2.24, 2.45) is 0 Å². The minimum absolute atomic E-state index is 0.113. The molecule has 0 bridgehead atoms. The van der Waals surface area contributed by atoms with E-state index in [2.05, 4.69) is 22.4 Å². The molecule has 1 amide bonds. The summed E-state index contributed by atoms with van der Waals surface area (Å²) in [5, 5.41) is 7.27. The minimum atomic E-state index is -0.273. The quantitative estimate of drug-likeness (QED) is 0.512. The average molecular weight is 402 g/mol. The molecule has 30 heavy (non-hydrogen) atoms. The van der Waals surface area contributed by atoms with E-state index in [0.29, 0.717) is 17.6 Å². The Labute approximate surface area is 173 Å². The fraction of sp³-hybridized carbons (Fsp3) is 0.217. The normalized spacial score (nSPS) is 12.0. The molecular formula is C23H22N4O3. The van der Waals surface area contributed by atoms with Crippen molar-refractivity contribution < 1.29 is 9.32 Å². The van der Waals surface area contributed by atoms with Gasteiger partial charge in [-0.1, -0.05) is 72.7 Å². The topological polar surface area (TPSA) is 90.0 Å². The van der Waals surface area contributed by atoms with Gasteiger partial charge in [0.15, 0.2) is 0 Å². The fourth-order valence-corrected chi connectivity index (χ4v) is 3.31. The van der Waals surface area contributed by atoms with Crippen LogP contribution in [0.3, 0.4) is 0 Å². The number of amides is 1. The summed E-state index contributed by atoms with van der Waals surface area (Å²) in [5.41, 5.74) is 2.32. The molecule has 0 saturated heterocycles. The predicted molar refractivity (Wildman–Crippen MR) is 114 cm³/mol. The van der Waals surface area contributed by atoms with Crippen LogP contribution in [-0.2, 0) is 11.3 Å². The number of rotatable bonds is 7. The van der Waals surface area contributed by atoms with Crippen LogP contribution in [0.4, 0.5) is 0 Å². The van der Waals surface area contributed by atoms with Crippen LogP contribution in [0.25, 0.3) is 22.4 Å². The lowest BCUT2D eigenvalue weighted by Crippen LogP contribution is -2.30. The van der Waals surface area contributed by atoms with Gasteiger partial charge in [-0.2, -0.15) is 0 Å². The molecule has 1 atom stereocenters. The van der Waals surface area contributed by atoms with Gasteiger partial charge in [-0.3, -0.25) is 14.2 Å². The maximum atomic E-state index is 12.9. The third-order valence-electron chi connectivity index (χ3n) is 5.06. The number of nitrogens with zero attached hydrogens (tertiary/aromatic N) is 3. The smallest absolute Gasteiger partial charge is 0.266 e. The number of aryl methyl sites for hydroxylation is 1. The van der Waals surface area contributed by atoms with Crippen molar-refractivity contribution in [1.29, 1.82) is 0 Å². The number of hydrogen-bond acceptors (Lipinski definition) is 5. The molecule has 0 aliphatic carbocycles. The second kappa shape index (κ2) is 8.73. The molecule has 2 heterocycles. The predicted octanol–water partition coefficient (Wildman–Crippen LogP) is 3.36. The van der Waals surface area contributed by atoms with E-state index in [1.54, 1.807) is 0 Å². The number of fused-ring (bicyclic) bond motifs is 1. The van der Waals surface area contributed by atoms with Gasteiger partial charge < -0.3 is 9.84 Å². The monoisotopic (exact) mass is 402 g/mol. The molecule has 2 aromatic heterocycles. The Bertz CT molecular complexity index is 1200. The molecule has 0 spiro atoms. The first kappa shape index (κ1) is 19.6. The van der Waals surface area contributed by atoms with Gasteiger partial charge in [-0.15, -0.1) is 0 Å². The van der Waals surface area contributed by atoms with Crippen LogP contribution >= 0.6 is 0 Å². The van der Waals surface area contributed by atoms with E-state index in [0.717, 1.165) is 5.56 Å². The second-order valence-electron chi connectivity index (χ2n) is 7.19. The van der Waals surface area contributed by atoms with E-state index in [-0.39, 0.29) is 36.1 Å². The van der Waals surface area contributed by atoms with Gasteiger partial charge in [-0.05, 0) is 11.5 Å². The summed E-state index contributed by atoms with van der Waals surface area (Å²) in [5.74, 6) is 0.0969. The third kappa shape index (κ3) is 4.15. The van der Waals surface area contributed by atoms with Gasteiger partial charge in [0, 0.05) is 25.1 Å². The molecule has 1 unspecified atom stereocenters. The Kier molecular flexibility index (Phi) is 5.70. The summed E-state index contributed by atoms with van der Waals surface area (Å²) >= 11 is 0. The lowest BCUT2D eigenvalue weighted by atomic mass is 10.0. The van der Waals surface area contributed by atoms with Gasteiger partial charge >= 0.3 is 0 Å². The van der Waals surface area contributed by atoms with E-state index in [1.807, 2.05) is 60.7 Å². The standard InChI is InChI=1S/C23H22N4O3/c1-16(17-8-4-2-5-9-17)14-24-19(28)12-13-27-15-25-22-20(23(27)29)21(26-30-22)18-10-6-3-7-11-18/h2-11,15-16H,12-14H2,1H3,(H,24,28). The molecule has 4 aromatic rings. The van der Waals surface area contributed by atoms with Crippen molar-refractivity contribution in [1.82, 2.24) is 20.0 Å². The van der Waals surface area contributed by atoms with Gasteiger partial charge in [0.2, 0.25) is 5.91 Å². The zero-order chi connectivity index (χ0) is 20.9. The number of carbonyl (C=O) groups is 1. The van der Waals surface area contributed by atoms with E-state index >= 15 is 0 Å². The summed E-state index contributed by atoms with van der Waals surface area (Å²) in [7, 11) is 0. The maximum Gasteiger partial charge on any atom is 0.266 e. The van der Waals surface area contributed by atoms with Crippen molar-refractivity contribution in [2.45, 2.75) is 25.8 Å². The first-order valence-corrected chi connectivity index (χ1v) is 9.85. The molecule has 152 valence electrons. The fourth-order valence-electron chi connectivity index (χ4n) is 3.31. The maximum absolute atomic E-state index is 12.9. The Hall–Kier alpha value is -3.74. The largest absolute Gasteiger partial charge is 0.355 e. The average Bonchev–Trinajstić information content (AvgIpc) is 3.23. The van der Waals surface area contributed by atoms with Gasteiger partial charge in [0.1, 0.15) is 17.4 Å². The number of benzene rings is 2. The highest BCUT2D eigenvalue weighted by Crippen LogP contribution is 2.23. The van der Waals surface area contributed by atoms with Crippen molar-refractivity contribution in [3.8, 4) is 11.3 Å². The third-order valence-corrected chi connectivity index (χ3v) is 5.06. The molecule has 7 heteroatoms. The summed E-state index contributed by atoms with van der Waals surface area (Å²) in [6.07, 6.45) is 1.57. The summed E-state index contributed by atoms with van der Waals surface area (Å²) in [6, 6.07) is 19.4. The molecule has 4 rings (SSSR count). The highest BCUT2D eigenvalue weighted by Gasteiger charge is 2.17. The zero-order valence-electron chi connectivity index (χ0n) is 16.6. The van der Waals surface area contributed by atoms with Crippen LogP contribution in [0.15, 0.2) is 76.3 Å². The van der Waals surface area contributed by atoms with Crippen molar-refractivity contribution in [2.75, 3.05) is 6.54 Å². The van der Waals surface area contributed by atoms with Crippen LogP contribution in [0.1, 0.15) is 24.8 Å². The van der Waals surface area contributed by atoms with E-state index < -0.39 is 0 Å². The number of nitrogens with one attached hydrogen (secondary N) is 1. The van der Waals surface area contributed by atoms with Crippen LogP contribution < -0.4 is 10.9 Å². The molecule has 2 aromatic carbocycles. The summed E-state index contributed by atoms with van der Waals surface area (Å²) in [6.45, 7) is 2.83. The molecule has 0 saturated carbocycles. The Morgan fingerprint density at radius 2 is 1.80 bits per heavy atom. The SMILES string of the molecule is CC(CNC(=O)CCn1cnc2onc(-c3ccccc3)c2c1=O)c1ccccc1. The Morgan fingerprint density at radius 1 is 1.10 bits per heavy atom. The van der Waals surface area contributed by atoms with Crippen LogP contribution in [0, 0.1) is 0 Å². The molecule has 7 nitrogen and oxygen atoms in total. The molecule has 0 radical (unpaired) electrons. The van der Waals surface area contributed by atoms with Gasteiger partial charge in [-0.25, -0.2) is 4.98 Å². The van der Waals surface area contributed by atoms with Crippen molar-refractivity contribution in [3.05, 3.63) is 82.9 Å². The molecule has 0 aliphatic rings. The lowest BCUT2D eigenvalue weighted by Gasteiger charge is -2.13. The highest BCUT2D eigenvalue weighted by atomic mass is 16.5. The highest BCUT2D eigenvalue weighted by molar-refractivity contribution is 5.88. The molecular weight excluding hydrogens is 380 g/mol. The molecule has 0 aliphatic heterocycles. The van der Waals surface area contributed by atoms with Crippen molar-refractivity contribution in [3.63, 3.8) is 0 Å². The van der Waals surface area contributed by atoms with Crippen LogP contribution in [0.5, 0.6) is 0 Å². The Balaban J connectivity index is 1.43. The van der Waals surface area contributed by atoms with Crippen LogP contribution in [0.2, 0.25) is 0 Å². The van der Waals surface area contributed by atoms with Crippen LogP contribution in [-0.4, -0.2) is 27.2 Å². The lowest BCUT2D eigenvalue weighted by molar-refractivity contribution is -0.121. The first-order valence-electron chi connectivity index (χ1n) is 9.85. The number of aromatic nitrogens is 3. The minimum Gasteiger partial charge on any atom is -0.355 e. The summed E-state index contributed by atoms with van der Waals surface area (Å²) < 4.78 is 6.64. The Morgan fingerprint density at radius 3 is 2.53 bits per heavy atom.